The molecule has 4 atom stereocenters. The van der Waals surface area contributed by atoms with E-state index in [-0.39, 0.29) is 93.0 Å². The van der Waals surface area contributed by atoms with Crippen LogP contribution in [0.25, 0.3) is 0 Å². The first-order chi connectivity index (χ1) is 42.2. The lowest BCUT2D eigenvalue weighted by Gasteiger charge is -2.31. The van der Waals surface area contributed by atoms with Crippen LogP contribution in [0.4, 0.5) is 21.9 Å². The van der Waals surface area contributed by atoms with Crippen molar-refractivity contribution in [2.45, 2.75) is 90.8 Å². The van der Waals surface area contributed by atoms with E-state index in [2.05, 4.69) is 26.3 Å². The Bertz CT molecular complexity index is 3070. The molecule has 5 N–H and O–H groups in total. The fraction of sp³-hybridized carbons (Fsp3) is 0.452. The lowest BCUT2D eigenvalue weighted by atomic mass is 10.1. The minimum absolute atomic E-state index is 0.00841. The normalized spacial score (nSPS) is 17.1. The number of aliphatic imine (C=N–C) groups is 1. The van der Waals surface area contributed by atoms with E-state index in [1.807, 2.05) is 44.4 Å². The number of nitrogens with one attached hydrogen (secondary N) is 4. The van der Waals surface area contributed by atoms with Crippen LogP contribution in [-0.2, 0) is 49.5 Å². The number of ether oxygens (including phenoxy) is 9. The number of benzene rings is 3. The molecule has 0 aromatic heterocycles. The number of hydrogen-bond acceptors (Lipinski definition) is 18. The zero-order chi connectivity index (χ0) is 62.2. The smallest absolute Gasteiger partial charge is 0.416 e. The van der Waals surface area contributed by atoms with Crippen LogP contribution >= 0.6 is 0 Å². The number of aliphatic hydroxyl groups is 1. The number of carbonyl (C=O) groups is 7. The predicted molar refractivity (Wildman–Crippen MR) is 320 cm³/mol. The molecule has 0 saturated carbocycles. The standard InChI is InChI=1S/C62H78N8O17/c1-7-11-42-29-45-35-64-48-33-53(51(79-5)31-46(48)59(75)68(45)37-42)85-19-10-20-86-54-34-49-47(32-52(54)80-6)60(76)69-38-43(12-8-2)30-50(69)61(77)70(49)62(78)87-39-41-13-15-44(16-14-41)67-58(74)40(4)66-57(73)36-65-56(72)17-21-81-23-25-83-27-28-84-26-24-82-22-18-63-55(71)9-3/h7-8,11-16,31-35,37-38,40,45,50,61,77H,9-10,17-30,36,39H2,1-6H3,(H,63,71)(H,65,72)(H,66,73)(H,67,74)/b11-7+,12-8+. The van der Waals surface area contributed by atoms with E-state index in [1.165, 1.54) is 38.2 Å². The monoisotopic (exact) mass is 1210 g/mol. The topological polar surface area (TPSA) is 293 Å². The van der Waals surface area contributed by atoms with Crippen LogP contribution < -0.4 is 45.1 Å². The Balaban J connectivity index is 0.864. The summed E-state index contributed by atoms with van der Waals surface area (Å²) in [7, 11) is 2.91. The number of fused-ring (bicyclic) bond motifs is 4. The third-order valence-corrected chi connectivity index (χ3v) is 14.0. The molecular formula is C62H78N8O17. The van der Waals surface area contributed by atoms with Crippen molar-refractivity contribution in [3.8, 4) is 23.0 Å². The summed E-state index contributed by atoms with van der Waals surface area (Å²) in [4.78, 5) is 100. The molecule has 0 fully saturated rings. The number of hydrogen-bond donors (Lipinski definition) is 5. The molecule has 0 aliphatic carbocycles. The molecular weight excluding hydrogens is 1130 g/mol. The van der Waals surface area contributed by atoms with Crippen molar-refractivity contribution < 1.29 is 81.3 Å². The molecule has 7 amide bonds. The van der Waals surface area contributed by atoms with E-state index in [1.54, 1.807) is 60.6 Å². The molecule has 4 aliphatic rings. The van der Waals surface area contributed by atoms with Crippen molar-refractivity contribution in [1.29, 1.82) is 0 Å². The Hall–Kier alpha value is -8.62. The highest BCUT2D eigenvalue weighted by molar-refractivity contribution is 6.07. The third kappa shape index (κ3) is 18.4. The van der Waals surface area contributed by atoms with Gasteiger partial charge in [-0.3, -0.25) is 33.8 Å². The van der Waals surface area contributed by atoms with Gasteiger partial charge in [0.1, 0.15) is 12.6 Å². The molecule has 4 heterocycles. The molecule has 0 bridgehead atoms. The summed E-state index contributed by atoms with van der Waals surface area (Å²) in [6, 6.07) is 10.6. The Morgan fingerprint density at radius 2 is 1.30 bits per heavy atom. The number of nitrogens with zero attached hydrogens (tertiary/aromatic N) is 4. The van der Waals surface area contributed by atoms with Crippen molar-refractivity contribution >= 4 is 64.8 Å². The molecule has 4 unspecified atom stereocenters. The van der Waals surface area contributed by atoms with E-state index >= 15 is 0 Å². The highest BCUT2D eigenvalue weighted by atomic mass is 16.6. The third-order valence-electron chi connectivity index (χ3n) is 14.0. The Kier molecular flexibility index (Phi) is 25.3. The number of amides is 7. The van der Waals surface area contributed by atoms with Gasteiger partial charge >= 0.3 is 6.09 Å². The van der Waals surface area contributed by atoms with Gasteiger partial charge in [-0.15, -0.1) is 0 Å². The van der Waals surface area contributed by atoms with Gasteiger partial charge in [0.15, 0.2) is 29.2 Å². The Labute approximate surface area is 505 Å². The molecule has 87 heavy (non-hydrogen) atoms. The number of rotatable bonds is 33. The summed E-state index contributed by atoms with van der Waals surface area (Å²) in [6.07, 6.45) is 11.9. The Morgan fingerprint density at radius 1 is 0.701 bits per heavy atom. The second-order valence-corrected chi connectivity index (χ2v) is 20.2. The maximum atomic E-state index is 14.3. The fourth-order valence-corrected chi connectivity index (χ4v) is 9.55. The number of anilines is 2. The summed E-state index contributed by atoms with van der Waals surface area (Å²) in [5.41, 5.74) is 3.59. The number of aliphatic hydroxyl groups excluding tert-OH is 1. The van der Waals surface area contributed by atoms with Gasteiger partial charge in [0, 0.05) is 62.2 Å². The van der Waals surface area contributed by atoms with Gasteiger partial charge in [-0.2, -0.15) is 0 Å². The number of carbonyl (C=O) groups excluding carboxylic acids is 7. The van der Waals surface area contributed by atoms with Gasteiger partial charge in [-0.25, -0.2) is 9.69 Å². The van der Waals surface area contributed by atoms with E-state index < -0.39 is 48.0 Å². The quantitative estimate of drug-likeness (QED) is 0.0462. The fourth-order valence-electron chi connectivity index (χ4n) is 9.55. The van der Waals surface area contributed by atoms with Crippen LogP contribution in [0.5, 0.6) is 23.0 Å². The van der Waals surface area contributed by atoms with Crippen LogP contribution in [-0.4, -0.2) is 180 Å². The van der Waals surface area contributed by atoms with Crippen LogP contribution in [0, 0.1) is 0 Å². The lowest BCUT2D eigenvalue weighted by Crippen LogP contribution is -2.50. The van der Waals surface area contributed by atoms with Gasteiger partial charge in [-0.05, 0) is 74.6 Å². The molecule has 0 saturated heterocycles. The molecule has 4 aliphatic heterocycles. The largest absolute Gasteiger partial charge is 0.493 e. The van der Waals surface area contributed by atoms with Crippen LogP contribution in [0.2, 0.25) is 0 Å². The minimum Gasteiger partial charge on any atom is -0.493 e. The molecule has 468 valence electrons. The van der Waals surface area contributed by atoms with Gasteiger partial charge in [0.2, 0.25) is 23.6 Å². The zero-order valence-electron chi connectivity index (χ0n) is 50.0. The maximum absolute atomic E-state index is 14.3. The van der Waals surface area contributed by atoms with E-state index in [4.69, 9.17) is 42.6 Å². The highest BCUT2D eigenvalue weighted by Gasteiger charge is 2.45. The number of methoxy groups -OCH3 is 2. The van der Waals surface area contributed by atoms with Gasteiger partial charge in [0.25, 0.3) is 11.8 Å². The average molecular weight is 1210 g/mol. The predicted octanol–water partition coefficient (Wildman–Crippen LogP) is 5.63. The first-order valence-corrected chi connectivity index (χ1v) is 28.9. The van der Waals surface area contributed by atoms with Crippen molar-refractivity contribution in [1.82, 2.24) is 25.8 Å². The maximum Gasteiger partial charge on any atom is 0.416 e. The second kappa shape index (κ2) is 33.3. The summed E-state index contributed by atoms with van der Waals surface area (Å²) < 4.78 is 51.2. The minimum atomic E-state index is -1.57. The van der Waals surface area contributed by atoms with Gasteiger partial charge in [-0.1, -0.05) is 43.4 Å². The van der Waals surface area contributed by atoms with Crippen molar-refractivity contribution in [3.63, 3.8) is 0 Å². The first-order valence-electron chi connectivity index (χ1n) is 28.9. The van der Waals surface area contributed by atoms with Gasteiger partial charge < -0.3 is 78.8 Å². The van der Waals surface area contributed by atoms with E-state index in [0.29, 0.717) is 99.4 Å². The van der Waals surface area contributed by atoms with E-state index in [9.17, 15) is 38.7 Å². The lowest BCUT2D eigenvalue weighted by molar-refractivity contribution is -0.128. The molecule has 0 spiro atoms. The first kappa shape index (κ1) is 65.9. The molecule has 7 rings (SSSR count). The van der Waals surface area contributed by atoms with Gasteiger partial charge in [0.05, 0.1) is 121 Å². The van der Waals surface area contributed by atoms with Crippen molar-refractivity contribution in [3.05, 3.63) is 113 Å². The SMILES string of the molecule is C/C=C/C1=CN2C(=O)c3cc(OC)c(OCCCOc4cc5c(cc4OC)C(=O)N4C=C(/C=C/C)CC4C(O)N5C(=O)OCc4ccc(NC(=O)C(C)NC(=O)CNC(=O)CCOCCOCCOCCOCCNC(=O)CC)cc4)cc3N=CC2C1. The average Bonchev–Trinajstić information content (AvgIpc) is 4.22. The molecule has 3 aromatic rings. The molecule has 25 nitrogen and oxygen atoms in total. The van der Waals surface area contributed by atoms with Crippen molar-refractivity contribution in [2.75, 3.05) is 104 Å². The summed E-state index contributed by atoms with van der Waals surface area (Å²) >= 11 is 0. The Morgan fingerprint density at radius 3 is 1.94 bits per heavy atom. The van der Waals surface area contributed by atoms with Crippen LogP contribution in [0.3, 0.4) is 0 Å². The van der Waals surface area contributed by atoms with E-state index in [0.717, 1.165) is 16.0 Å². The summed E-state index contributed by atoms with van der Waals surface area (Å²) in [6.45, 7) is 9.71. The van der Waals surface area contributed by atoms with Crippen molar-refractivity contribution in [2.24, 2.45) is 4.99 Å². The summed E-state index contributed by atoms with van der Waals surface area (Å²) in [5.74, 6) is -1.14. The zero-order valence-corrected chi connectivity index (χ0v) is 50.0. The molecule has 0 radical (unpaired) electrons. The highest BCUT2D eigenvalue weighted by Crippen LogP contribution is 2.43. The number of allylic oxidation sites excluding steroid dienone is 4. The second-order valence-electron chi connectivity index (χ2n) is 20.2. The van der Waals surface area contributed by atoms with Crippen LogP contribution in [0.15, 0.2) is 101 Å². The molecule has 25 heteroatoms. The summed E-state index contributed by atoms with van der Waals surface area (Å²) in [5, 5.41) is 22.6. The molecule has 3 aromatic carbocycles. The van der Waals surface area contributed by atoms with Crippen LogP contribution in [0.1, 0.15) is 86.1 Å².